The first-order valence-electron chi connectivity index (χ1n) is 11.4. The number of hydrogen-bond donors (Lipinski definition) is 3. The van der Waals surface area contributed by atoms with Gasteiger partial charge in [0.15, 0.2) is 6.04 Å². The molecule has 34 heavy (non-hydrogen) atoms. The lowest BCUT2D eigenvalue weighted by atomic mass is 9.98. The van der Waals surface area contributed by atoms with Gasteiger partial charge in [-0.3, -0.25) is 4.79 Å². The summed E-state index contributed by atoms with van der Waals surface area (Å²) in [4.78, 5) is 36.7. The number of alkyl carbamates (subject to hydrolysis) is 1. The summed E-state index contributed by atoms with van der Waals surface area (Å²) in [5.41, 5.74) is 3.86. The number of hydrogen-bond acceptors (Lipinski definition) is 5. The molecule has 0 aromatic heterocycles. The molecule has 1 aliphatic rings. The van der Waals surface area contributed by atoms with Crippen molar-refractivity contribution in [3.8, 4) is 11.1 Å². The van der Waals surface area contributed by atoms with E-state index in [4.69, 9.17) is 9.47 Å². The minimum atomic E-state index is -1.23. The largest absolute Gasteiger partial charge is 0.480 e. The molecule has 0 radical (unpaired) electrons. The van der Waals surface area contributed by atoms with E-state index >= 15 is 0 Å². The molecule has 0 aliphatic heterocycles. The van der Waals surface area contributed by atoms with Crippen LogP contribution in [0, 0.1) is 0 Å². The van der Waals surface area contributed by atoms with Gasteiger partial charge >= 0.3 is 12.1 Å². The van der Waals surface area contributed by atoms with Crippen LogP contribution in [-0.2, 0) is 19.1 Å². The number of ether oxygens (including phenoxy) is 2. The highest BCUT2D eigenvalue weighted by molar-refractivity contribution is 5.89. The van der Waals surface area contributed by atoms with Gasteiger partial charge in [0, 0.05) is 5.92 Å². The van der Waals surface area contributed by atoms with Gasteiger partial charge in [0.25, 0.3) is 0 Å². The van der Waals surface area contributed by atoms with E-state index in [1.54, 1.807) is 27.7 Å². The van der Waals surface area contributed by atoms with Crippen molar-refractivity contribution in [1.82, 2.24) is 10.6 Å². The van der Waals surface area contributed by atoms with E-state index < -0.39 is 35.7 Å². The lowest BCUT2D eigenvalue weighted by Crippen LogP contribution is -2.53. The molecule has 0 unspecified atom stereocenters. The van der Waals surface area contributed by atoms with Crippen molar-refractivity contribution in [3.63, 3.8) is 0 Å². The number of fused-ring (bicyclic) bond motifs is 3. The molecule has 0 saturated carbocycles. The third kappa shape index (κ3) is 6.14. The summed E-state index contributed by atoms with van der Waals surface area (Å²) in [6.45, 7) is 7.03. The fourth-order valence-corrected chi connectivity index (χ4v) is 3.92. The van der Waals surface area contributed by atoms with Crippen LogP contribution in [0.2, 0.25) is 0 Å². The minimum Gasteiger partial charge on any atom is -0.480 e. The molecule has 2 atom stereocenters. The number of carboxylic acid groups (broad SMARTS) is 1. The molecule has 2 amide bonds. The second kappa shape index (κ2) is 10.7. The van der Waals surface area contributed by atoms with Gasteiger partial charge < -0.3 is 25.2 Å². The molecule has 0 saturated heterocycles. The predicted octanol–water partition coefficient (Wildman–Crippen LogP) is 3.69. The predicted molar refractivity (Wildman–Crippen MR) is 128 cm³/mol. The summed E-state index contributed by atoms with van der Waals surface area (Å²) in [5, 5.41) is 14.4. The summed E-state index contributed by atoms with van der Waals surface area (Å²) in [6, 6.07) is 13.8. The Labute approximate surface area is 199 Å². The monoisotopic (exact) mass is 468 g/mol. The first-order chi connectivity index (χ1) is 16.1. The van der Waals surface area contributed by atoms with Crippen molar-refractivity contribution in [2.24, 2.45) is 0 Å². The second-order valence-electron chi connectivity index (χ2n) is 9.25. The lowest BCUT2D eigenvalue weighted by Gasteiger charge is -2.24. The molecule has 182 valence electrons. The summed E-state index contributed by atoms with van der Waals surface area (Å²) in [6.07, 6.45) is -0.468. The molecule has 8 heteroatoms. The molecule has 2 aromatic rings. The second-order valence-corrected chi connectivity index (χ2v) is 9.25. The highest BCUT2D eigenvalue weighted by Gasteiger charge is 2.30. The Morgan fingerprint density at radius 1 is 0.941 bits per heavy atom. The van der Waals surface area contributed by atoms with Crippen LogP contribution >= 0.6 is 0 Å². The maximum Gasteiger partial charge on any atom is 0.407 e. The van der Waals surface area contributed by atoms with Crippen molar-refractivity contribution < 1.29 is 29.0 Å². The van der Waals surface area contributed by atoms with Crippen LogP contribution in [0.15, 0.2) is 48.5 Å². The van der Waals surface area contributed by atoms with Crippen LogP contribution in [0.4, 0.5) is 4.79 Å². The van der Waals surface area contributed by atoms with Crippen LogP contribution in [0.5, 0.6) is 0 Å². The number of amides is 2. The summed E-state index contributed by atoms with van der Waals surface area (Å²) in [7, 11) is 0. The highest BCUT2D eigenvalue weighted by atomic mass is 16.5. The fourth-order valence-electron chi connectivity index (χ4n) is 3.92. The van der Waals surface area contributed by atoms with Crippen molar-refractivity contribution in [3.05, 3.63) is 59.7 Å². The molecule has 2 aromatic carbocycles. The Hall–Kier alpha value is -3.39. The van der Waals surface area contributed by atoms with E-state index in [2.05, 4.69) is 10.6 Å². The van der Waals surface area contributed by atoms with Crippen molar-refractivity contribution in [2.75, 3.05) is 13.2 Å². The first-order valence-corrected chi connectivity index (χ1v) is 11.4. The minimum absolute atomic E-state index is 0.0991. The van der Waals surface area contributed by atoms with Crippen molar-refractivity contribution in [1.29, 1.82) is 0 Å². The summed E-state index contributed by atoms with van der Waals surface area (Å²) < 4.78 is 11.0. The molecule has 0 fully saturated rings. The molecule has 3 N–H and O–H groups in total. The molecule has 8 nitrogen and oxygen atoms in total. The van der Waals surface area contributed by atoms with E-state index in [9.17, 15) is 19.5 Å². The van der Waals surface area contributed by atoms with Gasteiger partial charge in [0.2, 0.25) is 5.91 Å². The van der Waals surface area contributed by atoms with Crippen LogP contribution in [0.1, 0.15) is 51.2 Å². The molecular weight excluding hydrogens is 436 g/mol. The number of carbonyl (C=O) groups excluding carboxylic acids is 2. The van der Waals surface area contributed by atoms with E-state index in [0.29, 0.717) is 0 Å². The van der Waals surface area contributed by atoms with Gasteiger partial charge in [0.05, 0.1) is 12.2 Å². The smallest absolute Gasteiger partial charge is 0.407 e. The number of nitrogens with one attached hydrogen (secondary N) is 2. The normalized spacial score (nSPS) is 14.5. The van der Waals surface area contributed by atoms with E-state index in [1.165, 1.54) is 0 Å². The van der Waals surface area contributed by atoms with E-state index in [1.807, 2.05) is 48.5 Å². The topological polar surface area (TPSA) is 114 Å². The summed E-state index contributed by atoms with van der Waals surface area (Å²) >= 11 is 0. The number of carbonyl (C=O) groups is 3. The molecule has 0 spiro atoms. The standard InChI is InChI=1S/C26H32N2O6/c1-5-21(23(29)27-22(24(30)31)15-34-26(2,3)4)28-25(32)33-14-20-18-12-8-6-10-16(18)17-11-7-9-13-19(17)20/h6-13,20-22H,5,14-15H2,1-4H3,(H,27,29)(H,28,32)(H,30,31)/t21-,22-/m0/s1. The van der Waals surface area contributed by atoms with Gasteiger partial charge in [-0.05, 0) is 49.4 Å². The number of benzene rings is 2. The van der Waals surface area contributed by atoms with Gasteiger partial charge in [-0.25, -0.2) is 9.59 Å². The maximum absolute atomic E-state index is 12.6. The molecule has 3 rings (SSSR count). The summed E-state index contributed by atoms with van der Waals surface area (Å²) in [5.74, 6) is -1.92. The first kappa shape index (κ1) is 25.2. The SMILES string of the molecule is CC[C@H](NC(=O)OCC1c2ccccc2-c2ccccc21)C(=O)N[C@@H](COC(C)(C)C)C(=O)O. The molecule has 1 aliphatic carbocycles. The zero-order valence-electron chi connectivity index (χ0n) is 20.0. The lowest BCUT2D eigenvalue weighted by molar-refractivity contribution is -0.145. The Bertz CT molecular complexity index is 1000. The molecule has 0 heterocycles. The Morgan fingerprint density at radius 3 is 2.00 bits per heavy atom. The van der Waals surface area contributed by atoms with Crippen LogP contribution < -0.4 is 10.6 Å². The Balaban J connectivity index is 1.59. The molecular formula is C26H32N2O6. The average Bonchev–Trinajstić information content (AvgIpc) is 3.11. The number of rotatable bonds is 9. The van der Waals surface area contributed by atoms with Crippen molar-refractivity contribution in [2.45, 2.75) is 57.7 Å². The van der Waals surface area contributed by atoms with Gasteiger partial charge in [0.1, 0.15) is 12.6 Å². The third-order valence-corrected chi connectivity index (χ3v) is 5.66. The zero-order valence-corrected chi connectivity index (χ0v) is 20.0. The Morgan fingerprint density at radius 2 is 1.50 bits per heavy atom. The van der Waals surface area contributed by atoms with Gasteiger partial charge in [-0.2, -0.15) is 0 Å². The fraction of sp³-hybridized carbons (Fsp3) is 0.423. The van der Waals surface area contributed by atoms with Crippen molar-refractivity contribution >= 4 is 18.0 Å². The highest BCUT2D eigenvalue weighted by Crippen LogP contribution is 2.44. The van der Waals surface area contributed by atoms with Crippen LogP contribution in [-0.4, -0.2) is 54.0 Å². The van der Waals surface area contributed by atoms with Crippen LogP contribution in [0.25, 0.3) is 11.1 Å². The van der Waals surface area contributed by atoms with Crippen LogP contribution in [0.3, 0.4) is 0 Å². The zero-order chi connectivity index (χ0) is 24.9. The van der Waals surface area contributed by atoms with E-state index in [0.717, 1.165) is 22.3 Å². The van der Waals surface area contributed by atoms with Gasteiger partial charge in [-0.1, -0.05) is 55.5 Å². The average molecular weight is 469 g/mol. The Kier molecular flexibility index (Phi) is 7.94. The number of carboxylic acids is 1. The number of aliphatic carboxylic acids is 1. The third-order valence-electron chi connectivity index (χ3n) is 5.66. The quantitative estimate of drug-likeness (QED) is 0.517. The van der Waals surface area contributed by atoms with Gasteiger partial charge in [-0.15, -0.1) is 0 Å². The van der Waals surface area contributed by atoms with E-state index in [-0.39, 0.29) is 25.6 Å². The molecule has 0 bridgehead atoms. The maximum atomic E-state index is 12.6.